The molecule has 1 saturated carbocycles. The molecule has 3 N–H and O–H groups in total. The number of rotatable bonds is 10. The van der Waals surface area contributed by atoms with E-state index in [0.717, 1.165) is 23.3 Å². The second-order valence-corrected chi connectivity index (χ2v) is 8.06. The Balaban J connectivity index is 1.97. The van der Waals surface area contributed by atoms with Crippen molar-refractivity contribution in [2.45, 2.75) is 50.9 Å². The molecule has 7 heteroatoms. The Kier molecular flexibility index (Phi) is 9.62. The van der Waals surface area contributed by atoms with Gasteiger partial charge in [-0.3, -0.25) is 0 Å². The van der Waals surface area contributed by atoms with Crippen LogP contribution in [0, 0.1) is 0 Å². The number of aliphatic hydroxyl groups is 1. The van der Waals surface area contributed by atoms with E-state index >= 15 is 0 Å². The Morgan fingerprint density at radius 2 is 2.15 bits per heavy atom. The maximum Gasteiger partial charge on any atom is 0.191 e. The molecule has 0 bridgehead atoms. The number of hydrogen-bond acceptors (Lipinski definition) is 5. The number of ether oxygens (including phenoxy) is 2. The van der Waals surface area contributed by atoms with E-state index in [4.69, 9.17) is 19.6 Å². The summed E-state index contributed by atoms with van der Waals surface area (Å²) in [6.07, 6.45) is 3.68. The molecule has 1 aromatic rings. The van der Waals surface area contributed by atoms with Crippen LogP contribution in [0.15, 0.2) is 23.2 Å². The normalized spacial score (nSPS) is 19.8. The first-order chi connectivity index (χ1) is 13.2. The van der Waals surface area contributed by atoms with Gasteiger partial charge in [-0.15, -0.1) is 0 Å². The highest BCUT2D eigenvalue weighted by Gasteiger charge is 2.25. The first-order valence-corrected chi connectivity index (χ1v) is 10.8. The largest absolute Gasteiger partial charge is 0.493 e. The number of hydrogen-bond donors (Lipinski definition) is 3. The molecule has 6 nitrogen and oxygen atoms in total. The highest BCUT2D eigenvalue weighted by molar-refractivity contribution is 7.99. The van der Waals surface area contributed by atoms with Crippen LogP contribution in [-0.2, 0) is 6.54 Å². The zero-order chi connectivity index (χ0) is 19.5. The fraction of sp³-hybridized carbons (Fsp3) is 0.650. The second kappa shape index (κ2) is 12.0. The Hall–Kier alpha value is -1.60. The molecule has 0 radical (unpaired) electrons. The van der Waals surface area contributed by atoms with Crippen LogP contribution in [0.4, 0.5) is 0 Å². The highest BCUT2D eigenvalue weighted by atomic mass is 32.2. The van der Waals surface area contributed by atoms with Gasteiger partial charge >= 0.3 is 0 Å². The topological polar surface area (TPSA) is 75.1 Å². The standard InChI is InChI=1S/C20H33N3O3S/c1-4-21-20(23-16-7-8-17(13-16)27-5-2)22-14-15-6-9-18(26-11-10-24)19(12-15)25-3/h6,9,12,16-17,24H,4-5,7-8,10-11,13-14H2,1-3H3,(H2,21,22,23). The van der Waals surface area contributed by atoms with Crippen LogP contribution in [0.2, 0.25) is 0 Å². The van der Waals surface area contributed by atoms with Crippen molar-refractivity contribution < 1.29 is 14.6 Å². The summed E-state index contributed by atoms with van der Waals surface area (Å²) in [6.45, 7) is 5.94. The maximum absolute atomic E-state index is 8.91. The molecule has 1 aromatic carbocycles. The summed E-state index contributed by atoms with van der Waals surface area (Å²) < 4.78 is 10.9. The van der Waals surface area contributed by atoms with Gasteiger partial charge in [-0.1, -0.05) is 13.0 Å². The van der Waals surface area contributed by atoms with E-state index in [9.17, 15) is 0 Å². The lowest BCUT2D eigenvalue weighted by Crippen LogP contribution is -2.42. The monoisotopic (exact) mass is 395 g/mol. The number of aliphatic hydroxyl groups excluding tert-OH is 1. The fourth-order valence-corrected chi connectivity index (χ4v) is 4.37. The molecular weight excluding hydrogens is 362 g/mol. The van der Waals surface area contributed by atoms with E-state index in [1.807, 2.05) is 18.2 Å². The summed E-state index contributed by atoms with van der Waals surface area (Å²) in [5.41, 5.74) is 1.05. The Morgan fingerprint density at radius 1 is 1.30 bits per heavy atom. The van der Waals surface area contributed by atoms with Crippen LogP contribution < -0.4 is 20.1 Å². The van der Waals surface area contributed by atoms with E-state index < -0.39 is 0 Å². The lowest BCUT2D eigenvalue weighted by molar-refractivity contribution is 0.196. The van der Waals surface area contributed by atoms with Gasteiger partial charge in [0.25, 0.3) is 0 Å². The van der Waals surface area contributed by atoms with Crippen LogP contribution in [0.25, 0.3) is 0 Å². The quantitative estimate of drug-likeness (QED) is 0.418. The number of thioether (sulfide) groups is 1. The predicted molar refractivity (Wildman–Crippen MR) is 113 cm³/mol. The Labute approximate surface area is 167 Å². The van der Waals surface area contributed by atoms with E-state index in [0.29, 0.717) is 24.1 Å². The third kappa shape index (κ3) is 7.14. The molecule has 27 heavy (non-hydrogen) atoms. The summed E-state index contributed by atoms with van der Waals surface area (Å²) in [4.78, 5) is 4.74. The molecule has 0 heterocycles. The number of aliphatic imine (C=N–C) groups is 1. The molecule has 1 fully saturated rings. The lowest BCUT2D eigenvalue weighted by Gasteiger charge is -2.17. The Bertz CT molecular complexity index is 598. The van der Waals surface area contributed by atoms with Crippen LogP contribution >= 0.6 is 11.8 Å². The molecule has 0 saturated heterocycles. The number of nitrogens with zero attached hydrogens (tertiary/aromatic N) is 1. The Morgan fingerprint density at radius 3 is 2.85 bits per heavy atom. The fourth-order valence-electron chi connectivity index (χ4n) is 3.23. The average molecular weight is 396 g/mol. The third-order valence-electron chi connectivity index (χ3n) is 4.47. The second-order valence-electron chi connectivity index (χ2n) is 6.48. The van der Waals surface area contributed by atoms with Crippen molar-refractivity contribution in [2.75, 3.05) is 32.6 Å². The van der Waals surface area contributed by atoms with E-state index in [-0.39, 0.29) is 13.2 Å². The van der Waals surface area contributed by atoms with Crippen LogP contribution in [0.3, 0.4) is 0 Å². The molecule has 0 aliphatic heterocycles. The first kappa shape index (κ1) is 21.7. The SMILES string of the molecule is CCNC(=NCc1ccc(OCCO)c(OC)c1)NC1CCC(SCC)C1. The van der Waals surface area contributed by atoms with Crippen molar-refractivity contribution in [3.05, 3.63) is 23.8 Å². The van der Waals surface area contributed by atoms with Gasteiger partial charge in [-0.2, -0.15) is 11.8 Å². The maximum atomic E-state index is 8.91. The molecular formula is C20H33N3O3S. The van der Waals surface area contributed by atoms with E-state index in [2.05, 4.69) is 36.2 Å². The summed E-state index contributed by atoms with van der Waals surface area (Å²) in [5, 5.41) is 16.6. The molecule has 2 atom stereocenters. The molecule has 1 aliphatic rings. The number of methoxy groups -OCH3 is 1. The average Bonchev–Trinajstić information content (AvgIpc) is 3.12. The van der Waals surface area contributed by atoms with E-state index in [1.165, 1.54) is 25.0 Å². The number of guanidine groups is 1. The molecule has 152 valence electrons. The van der Waals surface area contributed by atoms with Crippen molar-refractivity contribution in [3.8, 4) is 11.5 Å². The zero-order valence-electron chi connectivity index (χ0n) is 16.7. The highest BCUT2D eigenvalue weighted by Crippen LogP contribution is 2.30. The number of nitrogens with one attached hydrogen (secondary N) is 2. The summed E-state index contributed by atoms with van der Waals surface area (Å²) >= 11 is 2.06. The minimum atomic E-state index is -0.0221. The smallest absolute Gasteiger partial charge is 0.191 e. The van der Waals surface area contributed by atoms with Gasteiger partial charge in [0.05, 0.1) is 20.3 Å². The van der Waals surface area contributed by atoms with Crippen molar-refractivity contribution in [2.24, 2.45) is 4.99 Å². The predicted octanol–water partition coefficient (Wildman–Crippen LogP) is 2.80. The minimum Gasteiger partial charge on any atom is -0.493 e. The van der Waals surface area contributed by atoms with Crippen molar-refractivity contribution in [1.82, 2.24) is 10.6 Å². The summed E-state index contributed by atoms with van der Waals surface area (Å²) in [7, 11) is 1.62. The van der Waals surface area contributed by atoms with Crippen molar-refractivity contribution in [3.63, 3.8) is 0 Å². The van der Waals surface area contributed by atoms with E-state index in [1.54, 1.807) is 7.11 Å². The molecule has 0 amide bonds. The molecule has 2 unspecified atom stereocenters. The first-order valence-electron chi connectivity index (χ1n) is 9.77. The summed E-state index contributed by atoms with van der Waals surface area (Å²) in [6, 6.07) is 6.27. The lowest BCUT2D eigenvalue weighted by atomic mass is 10.2. The van der Waals surface area contributed by atoms with Crippen molar-refractivity contribution in [1.29, 1.82) is 0 Å². The van der Waals surface area contributed by atoms with Crippen LogP contribution in [-0.4, -0.2) is 55.0 Å². The van der Waals surface area contributed by atoms with Gasteiger partial charge in [-0.05, 0) is 49.6 Å². The third-order valence-corrected chi connectivity index (χ3v) is 5.70. The molecule has 0 spiro atoms. The molecule has 0 aromatic heterocycles. The summed E-state index contributed by atoms with van der Waals surface area (Å²) in [5.74, 6) is 3.34. The van der Waals surface area contributed by atoms with Gasteiger partial charge in [-0.25, -0.2) is 4.99 Å². The molecule has 1 aliphatic carbocycles. The van der Waals surface area contributed by atoms with Gasteiger partial charge < -0.3 is 25.2 Å². The number of benzene rings is 1. The minimum absolute atomic E-state index is 0.0221. The van der Waals surface area contributed by atoms with Gasteiger partial charge in [0, 0.05) is 17.8 Å². The van der Waals surface area contributed by atoms with Crippen molar-refractivity contribution >= 4 is 17.7 Å². The van der Waals surface area contributed by atoms with Gasteiger partial charge in [0.15, 0.2) is 17.5 Å². The zero-order valence-corrected chi connectivity index (χ0v) is 17.5. The van der Waals surface area contributed by atoms with Gasteiger partial charge in [0.1, 0.15) is 6.61 Å². The van der Waals surface area contributed by atoms with Crippen LogP contribution in [0.1, 0.15) is 38.7 Å². The van der Waals surface area contributed by atoms with Crippen LogP contribution in [0.5, 0.6) is 11.5 Å². The molecule has 2 rings (SSSR count). The van der Waals surface area contributed by atoms with Gasteiger partial charge in [0.2, 0.25) is 0 Å².